The van der Waals surface area contributed by atoms with Crippen molar-refractivity contribution in [2.75, 3.05) is 5.32 Å². The van der Waals surface area contributed by atoms with Gasteiger partial charge in [-0.05, 0) is 24.6 Å². The maximum Gasteiger partial charge on any atom is 0.257 e. The fourth-order valence-electron chi connectivity index (χ4n) is 2.05. The van der Waals surface area contributed by atoms with Crippen molar-refractivity contribution in [1.29, 1.82) is 0 Å². The molecule has 5 nitrogen and oxygen atoms in total. The van der Waals surface area contributed by atoms with Crippen LogP contribution in [0.2, 0.25) is 10.2 Å². The molecular weight excluding hydrogens is 347 g/mol. The molecule has 0 aliphatic heterocycles. The number of anilines is 2. The molecule has 2 aromatic heterocycles. The molecule has 1 aromatic carbocycles. The van der Waals surface area contributed by atoms with Crippen molar-refractivity contribution in [3.05, 3.63) is 40.3 Å². The lowest BCUT2D eigenvalue weighted by molar-refractivity contribution is 0.122. The van der Waals surface area contributed by atoms with Gasteiger partial charge in [-0.25, -0.2) is 23.4 Å². The zero-order valence-electron chi connectivity index (χ0n) is 11.9. The highest BCUT2D eigenvalue weighted by Gasteiger charge is 2.13. The van der Waals surface area contributed by atoms with Crippen molar-refractivity contribution < 1.29 is 8.78 Å². The summed E-state index contributed by atoms with van der Waals surface area (Å²) in [6.45, 7) is 1.30. The zero-order chi connectivity index (χ0) is 16.6. The Morgan fingerprint density at radius 2 is 2.04 bits per heavy atom. The monoisotopic (exact) mass is 357 g/mol. The van der Waals surface area contributed by atoms with Gasteiger partial charge in [-0.15, -0.1) is 0 Å². The van der Waals surface area contributed by atoms with Gasteiger partial charge in [0.2, 0.25) is 5.95 Å². The van der Waals surface area contributed by atoms with Gasteiger partial charge in [-0.1, -0.05) is 23.2 Å². The van der Waals surface area contributed by atoms with Crippen molar-refractivity contribution >= 4 is 45.7 Å². The third-order valence-corrected chi connectivity index (χ3v) is 4.00. The van der Waals surface area contributed by atoms with Gasteiger partial charge in [-0.3, -0.25) is 0 Å². The standard InChI is InChI=1S/C14H11Cl2F2N5/c1-7-2-10-8(3-9(7)15)4-19-14(21-10)22-11-5-20-23(13(11)16)6-12(17)18/h2-5,12H,6H2,1H3,(H,19,21,22). The summed E-state index contributed by atoms with van der Waals surface area (Å²) >= 11 is 12.1. The molecule has 3 rings (SSSR count). The van der Waals surface area contributed by atoms with Gasteiger partial charge in [0, 0.05) is 16.6 Å². The van der Waals surface area contributed by atoms with Crippen molar-refractivity contribution in [3.8, 4) is 0 Å². The van der Waals surface area contributed by atoms with E-state index in [4.69, 9.17) is 23.2 Å². The first-order chi connectivity index (χ1) is 10.9. The molecule has 3 aromatic rings. The second-order valence-electron chi connectivity index (χ2n) is 4.90. The van der Waals surface area contributed by atoms with E-state index in [9.17, 15) is 8.78 Å². The largest absolute Gasteiger partial charge is 0.320 e. The number of benzene rings is 1. The highest BCUT2D eigenvalue weighted by atomic mass is 35.5. The number of rotatable bonds is 4. The molecule has 9 heteroatoms. The van der Waals surface area contributed by atoms with Crippen molar-refractivity contribution in [2.24, 2.45) is 0 Å². The third kappa shape index (κ3) is 3.35. The predicted octanol–water partition coefficient (Wildman–Crippen LogP) is 4.45. The molecule has 0 atom stereocenters. The number of aromatic nitrogens is 4. The Morgan fingerprint density at radius 1 is 1.26 bits per heavy atom. The molecule has 0 amide bonds. The summed E-state index contributed by atoms with van der Waals surface area (Å²) in [4.78, 5) is 8.52. The lowest BCUT2D eigenvalue weighted by Crippen LogP contribution is -2.08. The number of alkyl halides is 2. The highest BCUT2D eigenvalue weighted by molar-refractivity contribution is 6.32. The van der Waals surface area contributed by atoms with Crippen LogP contribution < -0.4 is 5.32 Å². The fraction of sp³-hybridized carbons (Fsp3) is 0.214. The molecule has 23 heavy (non-hydrogen) atoms. The van der Waals surface area contributed by atoms with E-state index < -0.39 is 13.0 Å². The van der Waals surface area contributed by atoms with Gasteiger partial charge in [-0.2, -0.15) is 5.10 Å². The van der Waals surface area contributed by atoms with Crippen molar-refractivity contribution in [2.45, 2.75) is 19.9 Å². The number of halogens is 4. The van der Waals surface area contributed by atoms with E-state index in [2.05, 4.69) is 20.4 Å². The van der Waals surface area contributed by atoms with Crippen LogP contribution in [0.5, 0.6) is 0 Å². The van der Waals surface area contributed by atoms with E-state index in [-0.39, 0.29) is 11.1 Å². The molecule has 0 aliphatic rings. The van der Waals surface area contributed by atoms with E-state index in [1.807, 2.05) is 13.0 Å². The molecule has 0 radical (unpaired) electrons. The van der Waals surface area contributed by atoms with Gasteiger partial charge < -0.3 is 5.32 Å². The van der Waals surface area contributed by atoms with Crippen LogP contribution in [0.1, 0.15) is 5.56 Å². The number of fused-ring (bicyclic) bond motifs is 1. The van der Waals surface area contributed by atoms with Crippen molar-refractivity contribution in [1.82, 2.24) is 19.7 Å². The normalized spacial score (nSPS) is 11.4. The summed E-state index contributed by atoms with van der Waals surface area (Å²) in [7, 11) is 0. The van der Waals surface area contributed by atoms with Crippen LogP contribution in [0.25, 0.3) is 10.9 Å². The molecular formula is C14H11Cl2F2N5. The van der Waals surface area contributed by atoms with Crippen LogP contribution in [0, 0.1) is 6.92 Å². The zero-order valence-corrected chi connectivity index (χ0v) is 13.4. The van der Waals surface area contributed by atoms with Gasteiger partial charge in [0.1, 0.15) is 6.54 Å². The SMILES string of the molecule is Cc1cc2nc(Nc3cnn(CC(F)F)c3Cl)ncc2cc1Cl. The minimum atomic E-state index is -2.54. The maximum absolute atomic E-state index is 12.4. The maximum atomic E-state index is 12.4. The second-order valence-corrected chi connectivity index (χ2v) is 5.67. The molecule has 0 spiro atoms. The Labute approximate surface area is 140 Å². The number of hydrogen-bond donors (Lipinski definition) is 1. The summed E-state index contributed by atoms with van der Waals surface area (Å²) < 4.78 is 25.8. The number of nitrogens with zero attached hydrogens (tertiary/aromatic N) is 4. The average Bonchev–Trinajstić information content (AvgIpc) is 2.81. The Bertz CT molecular complexity index is 866. The molecule has 0 fully saturated rings. The minimum absolute atomic E-state index is 0.0706. The van der Waals surface area contributed by atoms with Gasteiger partial charge in [0.25, 0.3) is 6.43 Å². The first kappa shape index (κ1) is 15.9. The van der Waals surface area contributed by atoms with Crippen LogP contribution in [0.3, 0.4) is 0 Å². The summed E-state index contributed by atoms with van der Waals surface area (Å²) in [5.41, 5.74) is 1.96. The third-order valence-electron chi connectivity index (χ3n) is 3.19. The van der Waals surface area contributed by atoms with Gasteiger partial charge >= 0.3 is 0 Å². The summed E-state index contributed by atoms with van der Waals surface area (Å²) in [6, 6.07) is 3.62. The van der Waals surface area contributed by atoms with Crippen LogP contribution in [0.4, 0.5) is 20.4 Å². The number of hydrogen-bond acceptors (Lipinski definition) is 4. The Kier molecular flexibility index (Phi) is 4.32. The highest BCUT2D eigenvalue weighted by Crippen LogP contribution is 2.26. The van der Waals surface area contributed by atoms with Crippen LogP contribution >= 0.6 is 23.2 Å². The Balaban J connectivity index is 1.90. The van der Waals surface area contributed by atoms with Crippen LogP contribution in [0.15, 0.2) is 24.5 Å². The fourth-order valence-corrected chi connectivity index (χ4v) is 2.43. The Morgan fingerprint density at radius 3 is 2.78 bits per heavy atom. The molecule has 120 valence electrons. The van der Waals surface area contributed by atoms with E-state index in [1.54, 1.807) is 12.3 Å². The first-order valence-corrected chi connectivity index (χ1v) is 7.39. The van der Waals surface area contributed by atoms with Crippen LogP contribution in [-0.2, 0) is 6.54 Å². The van der Waals surface area contributed by atoms with E-state index in [0.29, 0.717) is 16.2 Å². The molecule has 1 N–H and O–H groups in total. The van der Waals surface area contributed by atoms with Crippen LogP contribution in [-0.4, -0.2) is 26.2 Å². The molecule has 0 bridgehead atoms. The molecule has 0 aliphatic carbocycles. The van der Waals surface area contributed by atoms with E-state index in [1.165, 1.54) is 6.20 Å². The lowest BCUT2D eigenvalue weighted by atomic mass is 10.2. The predicted molar refractivity (Wildman–Crippen MR) is 85.8 cm³/mol. The smallest absolute Gasteiger partial charge is 0.257 e. The van der Waals surface area contributed by atoms with E-state index in [0.717, 1.165) is 15.6 Å². The Hall–Kier alpha value is -1.99. The van der Waals surface area contributed by atoms with Gasteiger partial charge in [0.15, 0.2) is 5.15 Å². The molecule has 0 unspecified atom stereocenters. The topological polar surface area (TPSA) is 55.6 Å². The summed E-state index contributed by atoms with van der Waals surface area (Å²) in [5.74, 6) is 0.290. The molecule has 0 saturated heterocycles. The van der Waals surface area contributed by atoms with E-state index >= 15 is 0 Å². The molecule has 0 saturated carbocycles. The van der Waals surface area contributed by atoms with Gasteiger partial charge in [0.05, 0.1) is 17.4 Å². The average molecular weight is 358 g/mol. The number of aryl methyl sites for hydroxylation is 1. The van der Waals surface area contributed by atoms with Crippen molar-refractivity contribution in [3.63, 3.8) is 0 Å². The summed E-state index contributed by atoms with van der Waals surface area (Å²) in [5, 5.41) is 8.19. The lowest BCUT2D eigenvalue weighted by Gasteiger charge is -2.06. The quantitative estimate of drug-likeness (QED) is 0.749. The minimum Gasteiger partial charge on any atom is -0.320 e. The first-order valence-electron chi connectivity index (χ1n) is 6.63. The summed E-state index contributed by atoms with van der Waals surface area (Å²) in [6.07, 6.45) is 0.434. The second kappa shape index (κ2) is 6.25. The number of nitrogens with one attached hydrogen (secondary N) is 1. The molecule has 2 heterocycles.